The summed E-state index contributed by atoms with van der Waals surface area (Å²) in [6.07, 6.45) is 14.6. The van der Waals surface area contributed by atoms with Gasteiger partial charge >= 0.3 is 0 Å². The van der Waals surface area contributed by atoms with Crippen LogP contribution in [0.4, 0.5) is 0 Å². The Morgan fingerprint density at radius 2 is 1.86 bits per heavy atom. The predicted molar refractivity (Wildman–Crippen MR) is 126 cm³/mol. The Morgan fingerprint density at radius 1 is 1.17 bits per heavy atom. The maximum Gasteiger partial charge on any atom is 0.138 e. The summed E-state index contributed by atoms with van der Waals surface area (Å²) in [5, 5.41) is 10.5. The summed E-state index contributed by atoms with van der Waals surface area (Å²) in [5.74, 6) is 1.16. The minimum atomic E-state index is -0.539. The summed E-state index contributed by atoms with van der Waals surface area (Å²) in [4.78, 5) is 12.5. The second kappa shape index (κ2) is 12.7. The van der Waals surface area contributed by atoms with Crippen molar-refractivity contribution in [3.8, 4) is 0 Å². The molecule has 4 atom stereocenters. The van der Waals surface area contributed by atoms with Gasteiger partial charge in [0.25, 0.3) is 0 Å². The van der Waals surface area contributed by atoms with E-state index in [1.165, 1.54) is 49.7 Å². The first-order valence-corrected chi connectivity index (χ1v) is 12.2. The molecule has 4 unspecified atom stereocenters. The van der Waals surface area contributed by atoms with Crippen LogP contribution in [0, 0.1) is 23.2 Å². The molecule has 0 spiro atoms. The molecule has 0 aliphatic heterocycles. The fourth-order valence-corrected chi connectivity index (χ4v) is 4.75. The van der Waals surface area contributed by atoms with Gasteiger partial charge in [0.05, 0.1) is 6.10 Å². The van der Waals surface area contributed by atoms with Crippen LogP contribution in [0.2, 0.25) is 0 Å². The number of aliphatic hydroxyl groups excluding tert-OH is 1. The third kappa shape index (κ3) is 9.20. The number of allylic oxidation sites excluding steroid dienone is 4. The van der Waals surface area contributed by atoms with Crippen LogP contribution in [0.5, 0.6) is 0 Å². The van der Waals surface area contributed by atoms with E-state index in [1.54, 1.807) is 0 Å². The Balaban J connectivity index is 2.43. The number of aliphatic hydroxyl groups is 1. The van der Waals surface area contributed by atoms with Gasteiger partial charge in [-0.1, -0.05) is 85.0 Å². The van der Waals surface area contributed by atoms with Crippen molar-refractivity contribution in [2.75, 3.05) is 0 Å². The summed E-state index contributed by atoms with van der Waals surface area (Å²) in [7, 11) is 0. The van der Waals surface area contributed by atoms with Crippen LogP contribution in [0.3, 0.4) is 0 Å². The molecular weight excluding hydrogens is 356 g/mol. The lowest BCUT2D eigenvalue weighted by molar-refractivity contribution is -0.125. The molecule has 0 amide bonds. The normalized spacial score (nSPS) is 21.2. The average Bonchev–Trinajstić information content (AvgIpc) is 2.63. The van der Waals surface area contributed by atoms with Crippen LogP contribution < -0.4 is 0 Å². The summed E-state index contributed by atoms with van der Waals surface area (Å²) < 4.78 is 0. The minimum absolute atomic E-state index is 0.0667. The zero-order chi connectivity index (χ0) is 22.0. The highest BCUT2D eigenvalue weighted by Crippen LogP contribution is 2.40. The summed E-state index contributed by atoms with van der Waals surface area (Å²) in [6.45, 7) is 15.5. The fourth-order valence-electron chi connectivity index (χ4n) is 4.75. The molecule has 0 aromatic rings. The van der Waals surface area contributed by atoms with Gasteiger partial charge in [-0.15, -0.1) is 0 Å². The molecule has 0 aromatic heterocycles. The first-order chi connectivity index (χ1) is 13.6. The Labute approximate surface area is 181 Å². The van der Waals surface area contributed by atoms with Gasteiger partial charge in [0.2, 0.25) is 0 Å². The number of carbonyl (C=O) groups excluding carboxylic acids is 1. The van der Waals surface area contributed by atoms with Crippen molar-refractivity contribution >= 4 is 5.78 Å². The monoisotopic (exact) mass is 404 g/mol. The van der Waals surface area contributed by atoms with Crippen LogP contribution in [0.15, 0.2) is 23.3 Å². The number of hydrogen-bond acceptors (Lipinski definition) is 2. The fraction of sp³-hybridized carbons (Fsp3) is 0.815. The van der Waals surface area contributed by atoms with Gasteiger partial charge in [0.1, 0.15) is 5.78 Å². The standard InChI is InChI=1S/C27H48O2/c1-8-12-20(2)13-9-14-22(4)25(28)19-26(29)23(5)15-10-17-24-21(3)16-11-18-27(24,6)7/h10,17,20,22-23,26,29H,8-9,11-16,18-19H2,1-7H3. The predicted octanol–water partition coefficient (Wildman–Crippen LogP) is 7.66. The summed E-state index contributed by atoms with van der Waals surface area (Å²) in [6, 6.07) is 0. The molecule has 0 aromatic carbocycles. The van der Waals surface area contributed by atoms with E-state index in [2.05, 4.69) is 53.7 Å². The smallest absolute Gasteiger partial charge is 0.138 e. The molecule has 1 aliphatic rings. The van der Waals surface area contributed by atoms with Crippen molar-refractivity contribution < 1.29 is 9.90 Å². The molecular formula is C27H48O2. The van der Waals surface area contributed by atoms with Gasteiger partial charge in [-0.2, -0.15) is 0 Å². The maximum atomic E-state index is 12.5. The van der Waals surface area contributed by atoms with Crippen molar-refractivity contribution in [3.05, 3.63) is 23.3 Å². The third-order valence-electron chi connectivity index (χ3n) is 7.07. The highest BCUT2D eigenvalue weighted by Gasteiger charge is 2.26. The van der Waals surface area contributed by atoms with Gasteiger partial charge in [0.15, 0.2) is 0 Å². The molecule has 1 aliphatic carbocycles. The topological polar surface area (TPSA) is 37.3 Å². The number of Topliss-reactive ketones (excluding diaryl/α,β-unsaturated/α-hetero) is 1. The molecule has 0 fully saturated rings. The van der Waals surface area contributed by atoms with Gasteiger partial charge in [-0.25, -0.2) is 0 Å². The van der Waals surface area contributed by atoms with E-state index in [0.717, 1.165) is 25.2 Å². The number of ketones is 1. The van der Waals surface area contributed by atoms with Crippen molar-refractivity contribution in [2.45, 2.75) is 119 Å². The van der Waals surface area contributed by atoms with Crippen molar-refractivity contribution in [1.82, 2.24) is 0 Å². The Bertz CT molecular complexity index is 555. The first-order valence-electron chi connectivity index (χ1n) is 12.2. The average molecular weight is 405 g/mol. The van der Waals surface area contributed by atoms with E-state index in [4.69, 9.17) is 0 Å². The summed E-state index contributed by atoms with van der Waals surface area (Å²) in [5.41, 5.74) is 3.22. The van der Waals surface area contributed by atoms with Gasteiger partial charge < -0.3 is 5.11 Å². The second-order valence-corrected chi connectivity index (χ2v) is 10.5. The molecule has 0 radical (unpaired) electrons. The first kappa shape index (κ1) is 26.1. The van der Waals surface area contributed by atoms with Crippen LogP contribution in [-0.2, 0) is 4.79 Å². The van der Waals surface area contributed by atoms with Crippen LogP contribution in [0.25, 0.3) is 0 Å². The Kier molecular flexibility index (Phi) is 11.5. The van der Waals surface area contributed by atoms with E-state index in [9.17, 15) is 9.90 Å². The molecule has 0 bridgehead atoms. The van der Waals surface area contributed by atoms with E-state index in [1.807, 2.05) is 6.92 Å². The number of carbonyl (C=O) groups is 1. The minimum Gasteiger partial charge on any atom is -0.392 e. The van der Waals surface area contributed by atoms with Gasteiger partial charge in [0, 0.05) is 12.3 Å². The quantitative estimate of drug-likeness (QED) is 0.342. The highest BCUT2D eigenvalue weighted by atomic mass is 16.3. The van der Waals surface area contributed by atoms with E-state index >= 15 is 0 Å². The zero-order valence-corrected chi connectivity index (χ0v) is 20.4. The lowest BCUT2D eigenvalue weighted by atomic mass is 9.72. The number of hydrogen-bond donors (Lipinski definition) is 1. The molecule has 0 saturated carbocycles. The van der Waals surface area contributed by atoms with Crippen LogP contribution in [0.1, 0.15) is 113 Å². The van der Waals surface area contributed by atoms with Crippen molar-refractivity contribution in [2.24, 2.45) is 23.2 Å². The lowest BCUT2D eigenvalue weighted by Gasteiger charge is -2.33. The molecule has 2 nitrogen and oxygen atoms in total. The SMILES string of the molecule is CCCC(C)CCCC(C)C(=O)CC(O)C(C)CC=CC1=C(C)CCCC1(C)C. The third-order valence-corrected chi connectivity index (χ3v) is 7.07. The lowest BCUT2D eigenvalue weighted by Crippen LogP contribution is -2.24. The Hall–Kier alpha value is -0.890. The van der Waals surface area contributed by atoms with E-state index < -0.39 is 6.10 Å². The Morgan fingerprint density at radius 3 is 2.48 bits per heavy atom. The van der Waals surface area contributed by atoms with E-state index in [-0.39, 0.29) is 23.0 Å². The van der Waals surface area contributed by atoms with Crippen LogP contribution >= 0.6 is 0 Å². The largest absolute Gasteiger partial charge is 0.392 e. The number of rotatable bonds is 13. The van der Waals surface area contributed by atoms with Crippen molar-refractivity contribution in [3.63, 3.8) is 0 Å². The van der Waals surface area contributed by atoms with Gasteiger partial charge in [-0.3, -0.25) is 4.79 Å². The molecule has 168 valence electrons. The molecule has 1 N–H and O–H groups in total. The highest BCUT2D eigenvalue weighted by molar-refractivity contribution is 5.81. The molecule has 1 rings (SSSR count). The zero-order valence-electron chi connectivity index (χ0n) is 20.4. The van der Waals surface area contributed by atoms with Gasteiger partial charge in [-0.05, 0) is 61.9 Å². The molecule has 29 heavy (non-hydrogen) atoms. The molecule has 0 saturated heterocycles. The maximum absolute atomic E-state index is 12.5. The second-order valence-electron chi connectivity index (χ2n) is 10.5. The molecule has 0 heterocycles. The van der Waals surface area contributed by atoms with Crippen molar-refractivity contribution in [1.29, 1.82) is 0 Å². The molecule has 2 heteroatoms. The summed E-state index contributed by atoms with van der Waals surface area (Å²) >= 11 is 0. The van der Waals surface area contributed by atoms with Crippen LogP contribution in [-0.4, -0.2) is 17.0 Å². The van der Waals surface area contributed by atoms with E-state index in [0.29, 0.717) is 6.42 Å².